The summed E-state index contributed by atoms with van der Waals surface area (Å²) < 4.78 is 12.3. The second-order valence-corrected chi connectivity index (χ2v) is 10.0. The van der Waals surface area contributed by atoms with Gasteiger partial charge in [-0.25, -0.2) is 0 Å². The molecule has 1 saturated heterocycles. The van der Waals surface area contributed by atoms with E-state index >= 15 is 0 Å². The molecule has 0 N–H and O–H groups in total. The van der Waals surface area contributed by atoms with E-state index in [0.29, 0.717) is 22.0 Å². The van der Waals surface area contributed by atoms with Crippen LogP contribution in [0.5, 0.6) is 11.5 Å². The molecule has 6 nitrogen and oxygen atoms in total. The summed E-state index contributed by atoms with van der Waals surface area (Å²) in [6.07, 6.45) is 1.70. The zero-order chi connectivity index (χ0) is 24.9. The summed E-state index contributed by atoms with van der Waals surface area (Å²) in [5, 5.41) is 9.01. The maximum Gasteiger partial charge on any atom is 0.293 e. The summed E-state index contributed by atoms with van der Waals surface area (Å²) in [5.74, 6) is 0.728. The number of aryl methyl sites for hydroxylation is 1. The molecule has 1 aliphatic heterocycles. The molecule has 1 heterocycles. The van der Waals surface area contributed by atoms with Crippen molar-refractivity contribution in [1.29, 1.82) is 5.26 Å². The highest BCUT2D eigenvalue weighted by atomic mass is 127. The average molecular weight is 596 g/mol. The molecule has 4 rings (SSSR count). The Hall–Kier alpha value is -3.29. The second-order valence-electron chi connectivity index (χ2n) is 7.85. The van der Waals surface area contributed by atoms with E-state index in [-0.39, 0.29) is 24.3 Å². The number of carbonyl (C=O) groups is 2. The van der Waals surface area contributed by atoms with E-state index in [9.17, 15) is 14.9 Å². The van der Waals surface area contributed by atoms with Crippen molar-refractivity contribution >= 4 is 51.6 Å². The van der Waals surface area contributed by atoms with Crippen molar-refractivity contribution in [3.05, 3.63) is 97.0 Å². The summed E-state index contributed by atoms with van der Waals surface area (Å²) in [5.41, 5.74) is 4.03. The number of halogens is 1. The molecular weight excluding hydrogens is 575 g/mol. The zero-order valence-electron chi connectivity index (χ0n) is 19.1. The molecule has 35 heavy (non-hydrogen) atoms. The minimum atomic E-state index is -0.316. The Morgan fingerprint density at radius 1 is 1.11 bits per heavy atom. The molecule has 0 spiro atoms. The number of benzene rings is 3. The molecule has 176 valence electrons. The molecule has 8 heteroatoms. The van der Waals surface area contributed by atoms with Crippen LogP contribution < -0.4 is 9.47 Å². The van der Waals surface area contributed by atoms with Gasteiger partial charge >= 0.3 is 0 Å². The van der Waals surface area contributed by atoms with Crippen molar-refractivity contribution in [2.24, 2.45) is 0 Å². The molecule has 1 fully saturated rings. The Balaban J connectivity index is 1.55. The third-order valence-electron chi connectivity index (χ3n) is 5.36. The van der Waals surface area contributed by atoms with Crippen LogP contribution in [-0.4, -0.2) is 23.2 Å². The molecule has 0 radical (unpaired) electrons. The van der Waals surface area contributed by atoms with E-state index in [0.717, 1.165) is 37.6 Å². The summed E-state index contributed by atoms with van der Waals surface area (Å²) in [6.45, 7) is 2.43. The fourth-order valence-corrected chi connectivity index (χ4v) is 5.27. The first-order valence-electron chi connectivity index (χ1n) is 10.7. The first-order chi connectivity index (χ1) is 16.9. The minimum absolute atomic E-state index is 0.216. The molecule has 0 bridgehead atoms. The van der Waals surface area contributed by atoms with E-state index in [2.05, 4.69) is 28.7 Å². The topological polar surface area (TPSA) is 79.6 Å². The monoisotopic (exact) mass is 596 g/mol. The Labute approximate surface area is 221 Å². The number of carbonyl (C=O) groups excluding carboxylic acids is 2. The number of thioether (sulfide) groups is 1. The van der Waals surface area contributed by atoms with Crippen molar-refractivity contribution in [2.45, 2.75) is 20.1 Å². The Morgan fingerprint density at radius 3 is 2.66 bits per heavy atom. The Morgan fingerprint density at radius 2 is 1.91 bits per heavy atom. The number of hydrogen-bond acceptors (Lipinski definition) is 6. The van der Waals surface area contributed by atoms with Gasteiger partial charge < -0.3 is 9.47 Å². The molecule has 0 aromatic heterocycles. The van der Waals surface area contributed by atoms with Gasteiger partial charge in [-0.2, -0.15) is 5.26 Å². The van der Waals surface area contributed by atoms with Crippen LogP contribution in [0.2, 0.25) is 0 Å². The molecule has 3 aromatic carbocycles. The fourth-order valence-electron chi connectivity index (χ4n) is 3.65. The highest BCUT2D eigenvalue weighted by Crippen LogP contribution is 2.38. The Kier molecular flexibility index (Phi) is 7.78. The van der Waals surface area contributed by atoms with Crippen LogP contribution in [0.25, 0.3) is 6.08 Å². The van der Waals surface area contributed by atoms with E-state index in [1.54, 1.807) is 25.3 Å². The lowest BCUT2D eigenvalue weighted by atomic mass is 10.1. The van der Waals surface area contributed by atoms with Gasteiger partial charge in [0.15, 0.2) is 11.5 Å². The first-order valence-corrected chi connectivity index (χ1v) is 12.6. The molecule has 3 aromatic rings. The molecule has 2 amide bonds. The fraction of sp³-hybridized carbons (Fsp3) is 0.148. The van der Waals surface area contributed by atoms with E-state index in [4.69, 9.17) is 9.47 Å². The smallest absolute Gasteiger partial charge is 0.293 e. The SMILES string of the molecule is COc1cc(/C=C2\SC(=O)N(Cc3cccc(C)c3)C2=O)cc(I)c1OCc1ccccc1C#N. The van der Waals surface area contributed by atoms with Gasteiger partial charge in [-0.1, -0.05) is 48.0 Å². The number of nitriles is 1. The average Bonchev–Trinajstić information content (AvgIpc) is 3.10. The normalized spacial score (nSPS) is 14.3. The van der Waals surface area contributed by atoms with E-state index < -0.39 is 0 Å². The van der Waals surface area contributed by atoms with Crippen molar-refractivity contribution in [2.75, 3.05) is 7.11 Å². The number of rotatable bonds is 7. The van der Waals surface area contributed by atoms with Gasteiger partial charge in [-0.05, 0) is 76.7 Å². The van der Waals surface area contributed by atoms with Gasteiger partial charge in [0, 0.05) is 5.56 Å². The standard InChI is InChI=1S/C27H21IN2O4S/c1-17-6-5-7-18(10-17)15-30-26(31)24(35-27(30)32)13-19-11-22(28)25(23(12-19)33-2)34-16-21-9-4-3-8-20(21)14-29/h3-13H,15-16H2,1-2H3/b24-13-. The minimum Gasteiger partial charge on any atom is -0.493 e. The summed E-state index contributed by atoms with van der Waals surface area (Å²) >= 11 is 3.07. The quantitative estimate of drug-likeness (QED) is 0.236. The Bertz CT molecular complexity index is 1380. The largest absolute Gasteiger partial charge is 0.493 e. The highest BCUT2D eigenvalue weighted by molar-refractivity contribution is 14.1. The third-order valence-corrected chi connectivity index (χ3v) is 7.06. The van der Waals surface area contributed by atoms with Crippen molar-refractivity contribution in [3.63, 3.8) is 0 Å². The summed E-state index contributed by atoms with van der Waals surface area (Å²) in [4.78, 5) is 27.1. The van der Waals surface area contributed by atoms with Crippen LogP contribution in [0.4, 0.5) is 4.79 Å². The lowest BCUT2D eigenvalue weighted by Gasteiger charge is -2.14. The third kappa shape index (κ3) is 5.69. The molecule has 0 atom stereocenters. The second kappa shape index (κ2) is 11.0. The molecule has 0 aliphatic carbocycles. The number of amides is 2. The number of hydrogen-bond donors (Lipinski definition) is 0. The van der Waals surface area contributed by atoms with E-state index in [1.165, 1.54) is 4.90 Å². The van der Waals surface area contributed by atoms with Gasteiger partial charge in [0.1, 0.15) is 6.61 Å². The lowest BCUT2D eigenvalue weighted by molar-refractivity contribution is -0.123. The van der Waals surface area contributed by atoms with E-state index in [1.807, 2.05) is 55.5 Å². The number of methoxy groups -OCH3 is 1. The zero-order valence-corrected chi connectivity index (χ0v) is 22.1. The summed E-state index contributed by atoms with van der Waals surface area (Å²) in [7, 11) is 1.54. The van der Waals surface area contributed by atoms with Gasteiger partial charge in [0.25, 0.3) is 11.1 Å². The van der Waals surface area contributed by atoms with Crippen molar-refractivity contribution < 1.29 is 19.1 Å². The molecule has 0 unspecified atom stereocenters. The summed E-state index contributed by atoms with van der Waals surface area (Å²) in [6, 6.07) is 20.8. The van der Waals surface area contributed by atoms with Crippen LogP contribution in [0.1, 0.15) is 27.8 Å². The molecular formula is C27H21IN2O4S. The predicted octanol–water partition coefficient (Wildman–Crippen LogP) is 6.30. The van der Waals surface area contributed by atoms with Crippen LogP contribution >= 0.6 is 34.4 Å². The maximum absolute atomic E-state index is 13.0. The first kappa shape index (κ1) is 24.8. The molecule has 0 saturated carbocycles. The van der Waals surface area contributed by atoms with Crippen molar-refractivity contribution in [3.8, 4) is 17.6 Å². The highest BCUT2D eigenvalue weighted by Gasteiger charge is 2.35. The predicted molar refractivity (Wildman–Crippen MR) is 144 cm³/mol. The van der Waals surface area contributed by atoms with Crippen LogP contribution in [-0.2, 0) is 17.9 Å². The van der Waals surface area contributed by atoms with Gasteiger partial charge in [0.05, 0.1) is 33.8 Å². The van der Waals surface area contributed by atoms with Crippen LogP contribution in [0.15, 0.2) is 65.6 Å². The van der Waals surface area contributed by atoms with Gasteiger partial charge in [-0.15, -0.1) is 0 Å². The number of imide groups is 1. The van der Waals surface area contributed by atoms with Crippen LogP contribution in [0.3, 0.4) is 0 Å². The maximum atomic E-state index is 13.0. The lowest BCUT2D eigenvalue weighted by Crippen LogP contribution is -2.27. The van der Waals surface area contributed by atoms with Gasteiger partial charge in [-0.3, -0.25) is 14.5 Å². The number of nitrogens with zero attached hydrogens (tertiary/aromatic N) is 2. The van der Waals surface area contributed by atoms with Gasteiger partial charge in [0.2, 0.25) is 0 Å². The van der Waals surface area contributed by atoms with Crippen LogP contribution in [0, 0.1) is 21.8 Å². The molecule has 1 aliphatic rings. The van der Waals surface area contributed by atoms with Crippen molar-refractivity contribution in [1.82, 2.24) is 4.90 Å². The number of ether oxygens (including phenoxy) is 2.